The minimum absolute atomic E-state index is 0.0179. The molecule has 0 saturated carbocycles. The van der Waals surface area contributed by atoms with E-state index in [0.29, 0.717) is 39.0 Å². The molecule has 0 aliphatic heterocycles. The van der Waals surface area contributed by atoms with Crippen LogP contribution in [0.1, 0.15) is 22.8 Å². The van der Waals surface area contributed by atoms with E-state index < -0.39 is 5.91 Å². The molecule has 0 aliphatic carbocycles. The van der Waals surface area contributed by atoms with E-state index in [2.05, 4.69) is 36.9 Å². The predicted molar refractivity (Wildman–Crippen MR) is 177 cm³/mol. The third-order valence-corrected chi connectivity index (χ3v) is 7.21. The van der Waals surface area contributed by atoms with Gasteiger partial charge in [-0.15, -0.1) is 10.2 Å². The van der Waals surface area contributed by atoms with Gasteiger partial charge in [0.25, 0.3) is 5.91 Å². The van der Waals surface area contributed by atoms with E-state index in [9.17, 15) is 20.0 Å². The first-order valence-corrected chi connectivity index (χ1v) is 14.3. The Bertz CT molecular complexity index is 2190. The number of phenolic OH excluding ortho intramolecular Hbond substituents is 1. The minimum atomic E-state index is -0.557. The highest BCUT2D eigenvalue weighted by atomic mass is 16.5. The van der Waals surface area contributed by atoms with Crippen molar-refractivity contribution in [2.75, 3.05) is 17.7 Å². The van der Waals surface area contributed by atoms with Crippen molar-refractivity contribution in [1.29, 1.82) is 5.26 Å². The first kappa shape index (κ1) is 30.2. The molecule has 2 aromatic heterocycles. The monoisotopic (exact) mass is 622 g/mol. The molecular formula is C35H26N8O4. The van der Waals surface area contributed by atoms with Crippen molar-refractivity contribution in [3.8, 4) is 34.6 Å². The summed E-state index contributed by atoms with van der Waals surface area (Å²) in [5, 5.41) is 37.3. The number of carbonyl (C=O) groups excluding carboxylic acids is 2. The normalized spacial score (nSPS) is 10.9. The number of nitrogens with one attached hydrogen (secondary N) is 2. The Labute approximate surface area is 268 Å². The SMILES string of the molecule is COc1ccc(NC(=O)c2cc3ccccc3c(N=Nc3c(C#N)c(-c4ccc(NC(C)=O)cc4)cn3-c3ncccn3)c2O)cc1. The lowest BCUT2D eigenvalue weighted by Crippen LogP contribution is -2.12. The number of hydrogen-bond donors (Lipinski definition) is 3. The van der Waals surface area contributed by atoms with Gasteiger partial charge in [0.15, 0.2) is 11.6 Å². The number of nitriles is 1. The van der Waals surface area contributed by atoms with Crippen molar-refractivity contribution >= 4 is 45.5 Å². The largest absolute Gasteiger partial charge is 0.505 e. The molecule has 12 nitrogen and oxygen atoms in total. The molecule has 0 spiro atoms. The number of benzene rings is 4. The van der Waals surface area contributed by atoms with Crippen LogP contribution < -0.4 is 15.4 Å². The molecule has 6 aromatic rings. The fourth-order valence-corrected chi connectivity index (χ4v) is 4.99. The molecule has 230 valence electrons. The Morgan fingerprint density at radius 1 is 0.915 bits per heavy atom. The van der Waals surface area contributed by atoms with E-state index >= 15 is 0 Å². The first-order chi connectivity index (χ1) is 22.9. The number of fused-ring (bicyclic) bond motifs is 1. The second-order valence-corrected chi connectivity index (χ2v) is 10.3. The summed E-state index contributed by atoms with van der Waals surface area (Å²) < 4.78 is 6.71. The summed E-state index contributed by atoms with van der Waals surface area (Å²) >= 11 is 0. The molecule has 6 rings (SSSR count). The van der Waals surface area contributed by atoms with Crippen molar-refractivity contribution in [2.24, 2.45) is 10.2 Å². The smallest absolute Gasteiger partial charge is 0.259 e. The lowest BCUT2D eigenvalue weighted by Gasteiger charge is -2.11. The summed E-state index contributed by atoms with van der Waals surface area (Å²) in [5.74, 6) is -0.175. The van der Waals surface area contributed by atoms with E-state index in [4.69, 9.17) is 4.74 Å². The van der Waals surface area contributed by atoms with Gasteiger partial charge in [-0.1, -0.05) is 36.4 Å². The van der Waals surface area contributed by atoms with Gasteiger partial charge in [-0.3, -0.25) is 14.2 Å². The number of phenols is 1. The number of azo groups is 1. The third kappa shape index (κ3) is 6.22. The number of ether oxygens (including phenoxy) is 1. The molecule has 0 aliphatic rings. The zero-order valence-corrected chi connectivity index (χ0v) is 25.2. The summed E-state index contributed by atoms with van der Waals surface area (Å²) in [7, 11) is 1.55. The van der Waals surface area contributed by atoms with Gasteiger partial charge in [-0.25, -0.2) is 9.97 Å². The number of methoxy groups -OCH3 is 1. The first-order valence-electron chi connectivity index (χ1n) is 14.3. The standard InChI is InChI=1S/C35H26N8O4/c1-21(44)39-24-10-8-22(9-11-24)30-20-43(35-37-16-5-17-38-35)33(29(30)19-36)42-41-31-27-7-4-3-6-23(27)18-28(32(31)45)34(46)40-25-12-14-26(47-2)15-13-25/h3-18,20,45H,1-2H3,(H,39,44)(H,40,46). The fraction of sp³-hybridized carbons (Fsp3) is 0.0571. The maximum Gasteiger partial charge on any atom is 0.259 e. The summed E-state index contributed by atoms with van der Waals surface area (Å²) in [5.41, 5.74) is 2.49. The van der Waals surface area contributed by atoms with E-state index in [-0.39, 0.29) is 40.2 Å². The van der Waals surface area contributed by atoms with Gasteiger partial charge in [0.2, 0.25) is 11.9 Å². The highest BCUT2D eigenvalue weighted by Crippen LogP contribution is 2.41. The van der Waals surface area contributed by atoms with E-state index in [1.807, 2.05) is 0 Å². The average molecular weight is 623 g/mol. The van der Waals surface area contributed by atoms with Crippen LogP contribution in [0.3, 0.4) is 0 Å². The quantitative estimate of drug-likeness (QED) is 0.150. The molecule has 4 aromatic carbocycles. The van der Waals surface area contributed by atoms with E-state index in [0.717, 1.165) is 0 Å². The predicted octanol–water partition coefficient (Wildman–Crippen LogP) is 7.30. The number of aromatic nitrogens is 3. The van der Waals surface area contributed by atoms with E-state index in [1.54, 1.807) is 111 Å². The number of nitrogens with zero attached hydrogens (tertiary/aromatic N) is 6. The van der Waals surface area contributed by atoms with Crippen molar-refractivity contribution in [1.82, 2.24) is 14.5 Å². The number of amides is 2. The second kappa shape index (κ2) is 13.0. The molecule has 0 atom stereocenters. The van der Waals surface area contributed by atoms with Gasteiger partial charge in [0, 0.05) is 47.8 Å². The Kier molecular flexibility index (Phi) is 8.35. The molecule has 2 heterocycles. The molecule has 0 radical (unpaired) electrons. The van der Waals surface area contributed by atoms with Gasteiger partial charge < -0.3 is 20.5 Å². The van der Waals surface area contributed by atoms with Gasteiger partial charge in [-0.2, -0.15) is 5.26 Å². The van der Waals surface area contributed by atoms with Crippen molar-refractivity contribution < 1.29 is 19.4 Å². The van der Waals surface area contributed by atoms with Crippen LogP contribution in [-0.2, 0) is 4.79 Å². The topological polar surface area (TPSA) is 167 Å². The van der Waals surface area contributed by atoms with Crippen LogP contribution in [-0.4, -0.2) is 38.6 Å². The van der Waals surface area contributed by atoms with Crippen molar-refractivity contribution in [2.45, 2.75) is 6.92 Å². The lowest BCUT2D eigenvalue weighted by molar-refractivity contribution is -0.114. The number of aromatic hydroxyl groups is 1. The van der Waals surface area contributed by atoms with Crippen molar-refractivity contribution in [3.63, 3.8) is 0 Å². The van der Waals surface area contributed by atoms with Crippen LogP contribution in [0, 0.1) is 11.3 Å². The Hall–Kier alpha value is -6.87. The molecular weight excluding hydrogens is 596 g/mol. The molecule has 0 bridgehead atoms. The van der Waals surface area contributed by atoms with Crippen LogP contribution in [0.2, 0.25) is 0 Å². The van der Waals surface area contributed by atoms with E-state index in [1.165, 1.54) is 11.5 Å². The second-order valence-electron chi connectivity index (χ2n) is 10.3. The number of carbonyl (C=O) groups is 2. The van der Waals surface area contributed by atoms with Gasteiger partial charge in [-0.05, 0) is 59.5 Å². The van der Waals surface area contributed by atoms with Crippen molar-refractivity contribution in [3.05, 3.63) is 115 Å². The van der Waals surface area contributed by atoms with Crippen LogP contribution in [0.25, 0.3) is 27.8 Å². The van der Waals surface area contributed by atoms with Gasteiger partial charge in [0.05, 0.1) is 12.7 Å². The van der Waals surface area contributed by atoms with Crippen LogP contribution >= 0.6 is 0 Å². The molecule has 2 amide bonds. The molecule has 47 heavy (non-hydrogen) atoms. The average Bonchev–Trinajstić information content (AvgIpc) is 3.46. The van der Waals surface area contributed by atoms with Crippen LogP contribution in [0.15, 0.2) is 114 Å². The van der Waals surface area contributed by atoms with Gasteiger partial charge >= 0.3 is 0 Å². The summed E-state index contributed by atoms with van der Waals surface area (Å²) in [6.07, 6.45) is 4.79. The maximum atomic E-state index is 13.4. The summed E-state index contributed by atoms with van der Waals surface area (Å²) in [6.45, 7) is 1.42. The maximum absolute atomic E-state index is 13.4. The lowest BCUT2D eigenvalue weighted by atomic mass is 10.0. The molecule has 3 N–H and O–H groups in total. The summed E-state index contributed by atoms with van der Waals surface area (Å²) in [4.78, 5) is 33.5. The van der Waals surface area contributed by atoms with Crippen LogP contribution in [0.4, 0.5) is 22.9 Å². The third-order valence-electron chi connectivity index (χ3n) is 7.21. The number of rotatable bonds is 8. The number of anilines is 2. The highest BCUT2D eigenvalue weighted by molar-refractivity contribution is 6.11. The molecule has 12 heteroatoms. The molecule has 0 saturated heterocycles. The molecule has 0 unspecified atom stereocenters. The zero-order valence-electron chi connectivity index (χ0n) is 25.2. The Morgan fingerprint density at radius 2 is 1.60 bits per heavy atom. The van der Waals surface area contributed by atoms with Crippen LogP contribution in [0.5, 0.6) is 11.5 Å². The molecule has 0 fully saturated rings. The summed E-state index contributed by atoms with van der Waals surface area (Å²) in [6, 6.07) is 26.4. The Morgan fingerprint density at radius 3 is 2.28 bits per heavy atom. The van der Waals surface area contributed by atoms with Gasteiger partial charge in [0.1, 0.15) is 23.1 Å². The minimum Gasteiger partial charge on any atom is -0.505 e. The number of hydrogen-bond acceptors (Lipinski definition) is 9. The highest BCUT2D eigenvalue weighted by Gasteiger charge is 2.22. The Balaban J connectivity index is 1.46. The fourth-order valence-electron chi connectivity index (χ4n) is 4.99. The zero-order chi connectivity index (χ0) is 32.9.